The molecule has 1 aliphatic heterocycles. The van der Waals surface area contributed by atoms with Gasteiger partial charge < -0.3 is 15.7 Å². The number of hydrogen-bond acceptors (Lipinski definition) is 4. The van der Waals surface area contributed by atoms with Crippen molar-refractivity contribution >= 4 is 17.6 Å². The second-order valence-electron chi connectivity index (χ2n) is 4.56. The van der Waals surface area contributed by atoms with Gasteiger partial charge in [-0.05, 0) is 30.5 Å². The van der Waals surface area contributed by atoms with Crippen molar-refractivity contribution in [1.29, 1.82) is 0 Å². The number of halogens is 1. The van der Waals surface area contributed by atoms with Crippen molar-refractivity contribution in [3.05, 3.63) is 28.8 Å². The van der Waals surface area contributed by atoms with Crippen molar-refractivity contribution in [3.8, 4) is 5.75 Å². The van der Waals surface area contributed by atoms with Gasteiger partial charge in [-0.15, -0.1) is 0 Å². The Bertz CT molecular complexity index is 485. The lowest BCUT2D eigenvalue weighted by atomic mass is 10.1. The molecule has 90 valence electrons. The minimum atomic E-state index is 0.111. The average molecular weight is 252 g/mol. The molecule has 17 heavy (non-hydrogen) atoms. The Morgan fingerprint density at radius 2 is 2.18 bits per heavy atom. The fraction of sp³-hybridized carbons (Fsp3) is 0.417. The summed E-state index contributed by atoms with van der Waals surface area (Å²) in [5.74, 6) is 0.738. The Labute approximate surface area is 105 Å². The van der Waals surface area contributed by atoms with Crippen LogP contribution in [0.1, 0.15) is 24.4 Å². The van der Waals surface area contributed by atoms with Gasteiger partial charge in [0.15, 0.2) is 5.96 Å². The molecule has 0 radical (unpaired) electrons. The summed E-state index contributed by atoms with van der Waals surface area (Å²) in [7, 11) is 0. The monoisotopic (exact) mass is 251 g/mol. The van der Waals surface area contributed by atoms with Gasteiger partial charge in [-0.3, -0.25) is 4.99 Å². The van der Waals surface area contributed by atoms with E-state index in [1.54, 1.807) is 12.1 Å². The molecule has 1 atom stereocenters. The fourth-order valence-corrected chi connectivity index (χ4v) is 2.49. The Balaban J connectivity index is 1.91. The molecular formula is C12H14ClN3O. The molecule has 2 aliphatic rings. The largest absolute Gasteiger partial charge is 0.506 e. The van der Waals surface area contributed by atoms with E-state index in [0.29, 0.717) is 23.6 Å². The van der Waals surface area contributed by atoms with Gasteiger partial charge in [0.2, 0.25) is 0 Å². The molecule has 1 saturated carbocycles. The fourth-order valence-electron chi connectivity index (χ4n) is 2.30. The van der Waals surface area contributed by atoms with Crippen LogP contribution in [0, 0.1) is 0 Å². The van der Waals surface area contributed by atoms with E-state index in [1.165, 1.54) is 12.8 Å². The molecule has 0 amide bonds. The summed E-state index contributed by atoms with van der Waals surface area (Å²) >= 11 is 5.93. The molecule has 1 fully saturated rings. The Kier molecular flexibility index (Phi) is 2.40. The Morgan fingerprint density at radius 3 is 2.82 bits per heavy atom. The van der Waals surface area contributed by atoms with Gasteiger partial charge in [0.25, 0.3) is 0 Å². The van der Waals surface area contributed by atoms with Crippen LogP contribution >= 0.6 is 11.6 Å². The summed E-state index contributed by atoms with van der Waals surface area (Å²) in [5.41, 5.74) is 6.97. The van der Waals surface area contributed by atoms with Gasteiger partial charge in [-0.1, -0.05) is 17.7 Å². The van der Waals surface area contributed by atoms with Crippen LogP contribution in [-0.4, -0.2) is 28.6 Å². The SMILES string of the molecule is NC1=NCC(c2ccc(O)c(Cl)c2)N1C1CC1. The summed E-state index contributed by atoms with van der Waals surface area (Å²) in [4.78, 5) is 6.47. The van der Waals surface area contributed by atoms with Gasteiger partial charge in [0.1, 0.15) is 5.75 Å². The smallest absolute Gasteiger partial charge is 0.192 e. The first kappa shape index (κ1) is 10.7. The minimum absolute atomic E-state index is 0.111. The van der Waals surface area contributed by atoms with Gasteiger partial charge >= 0.3 is 0 Å². The highest BCUT2D eigenvalue weighted by Gasteiger charge is 2.38. The van der Waals surface area contributed by atoms with Gasteiger partial charge in [-0.25, -0.2) is 0 Å². The molecule has 0 bridgehead atoms. The topological polar surface area (TPSA) is 61.9 Å². The number of phenolic OH excluding ortho intramolecular Hbond substituents is 1. The van der Waals surface area contributed by atoms with Crippen LogP contribution in [0.2, 0.25) is 5.02 Å². The molecule has 5 heteroatoms. The van der Waals surface area contributed by atoms with Crippen molar-refractivity contribution in [3.63, 3.8) is 0 Å². The third-order valence-electron chi connectivity index (χ3n) is 3.32. The number of rotatable bonds is 2. The van der Waals surface area contributed by atoms with Gasteiger partial charge in [-0.2, -0.15) is 0 Å². The first-order valence-corrected chi connectivity index (χ1v) is 6.11. The van der Waals surface area contributed by atoms with Crippen LogP contribution in [0.4, 0.5) is 0 Å². The number of hydrogen-bond donors (Lipinski definition) is 2. The van der Waals surface area contributed by atoms with E-state index in [-0.39, 0.29) is 11.8 Å². The molecule has 1 aromatic rings. The second kappa shape index (κ2) is 3.81. The number of phenols is 1. The minimum Gasteiger partial charge on any atom is -0.506 e. The lowest BCUT2D eigenvalue weighted by Gasteiger charge is -2.26. The number of benzene rings is 1. The molecule has 1 aliphatic carbocycles. The molecular weight excluding hydrogens is 238 g/mol. The van der Waals surface area contributed by atoms with Crippen molar-refractivity contribution in [1.82, 2.24) is 4.90 Å². The third-order valence-corrected chi connectivity index (χ3v) is 3.63. The highest BCUT2D eigenvalue weighted by atomic mass is 35.5. The maximum absolute atomic E-state index is 9.43. The van der Waals surface area contributed by atoms with Gasteiger partial charge in [0.05, 0.1) is 17.6 Å². The van der Waals surface area contributed by atoms with Crippen molar-refractivity contribution in [2.75, 3.05) is 6.54 Å². The number of aromatic hydroxyl groups is 1. The predicted octanol–water partition coefficient (Wildman–Crippen LogP) is 1.88. The molecule has 4 nitrogen and oxygen atoms in total. The van der Waals surface area contributed by atoms with Crippen LogP contribution < -0.4 is 5.73 Å². The van der Waals surface area contributed by atoms with Crippen LogP contribution in [0.25, 0.3) is 0 Å². The summed E-state index contributed by atoms with van der Waals surface area (Å²) < 4.78 is 0. The highest BCUT2D eigenvalue weighted by molar-refractivity contribution is 6.32. The number of nitrogens with zero attached hydrogens (tertiary/aromatic N) is 2. The van der Waals surface area contributed by atoms with E-state index in [9.17, 15) is 5.11 Å². The van der Waals surface area contributed by atoms with Gasteiger partial charge in [0, 0.05) is 6.04 Å². The average Bonchev–Trinajstić information content (AvgIpc) is 3.06. The molecule has 3 N–H and O–H groups in total. The summed E-state index contributed by atoms with van der Waals surface area (Å²) in [6.45, 7) is 0.670. The maximum Gasteiger partial charge on any atom is 0.192 e. The zero-order valence-electron chi connectivity index (χ0n) is 9.31. The lowest BCUT2D eigenvalue weighted by Crippen LogP contribution is -2.37. The molecule has 1 heterocycles. The zero-order valence-corrected chi connectivity index (χ0v) is 10.1. The van der Waals surface area contributed by atoms with E-state index < -0.39 is 0 Å². The number of nitrogens with two attached hydrogens (primary N) is 1. The Hall–Kier alpha value is -1.42. The Morgan fingerprint density at radius 1 is 1.41 bits per heavy atom. The summed E-state index contributed by atoms with van der Waals surface area (Å²) in [6.07, 6.45) is 2.36. The molecule has 3 rings (SSSR count). The first-order valence-electron chi connectivity index (χ1n) is 5.73. The van der Waals surface area contributed by atoms with Crippen molar-refractivity contribution in [2.24, 2.45) is 10.7 Å². The number of aliphatic imine (C=N–C) groups is 1. The quantitative estimate of drug-likeness (QED) is 0.844. The summed E-state index contributed by atoms with van der Waals surface area (Å²) in [6, 6.07) is 6.00. The van der Waals surface area contributed by atoms with Crippen LogP contribution in [-0.2, 0) is 0 Å². The van der Waals surface area contributed by atoms with E-state index in [0.717, 1.165) is 5.56 Å². The second-order valence-corrected chi connectivity index (χ2v) is 4.97. The molecule has 0 spiro atoms. The number of guanidine groups is 1. The van der Waals surface area contributed by atoms with Crippen LogP contribution in [0.5, 0.6) is 5.75 Å². The van der Waals surface area contributed by atoms with Crippen LogP contribution in [0.15, 0.2) is 23.2 Å². The highest BCUT2D eigenvalue weighted by Crippen LogP contribution is 2.38. The van der Waals surface area contributed by atoms with E-state index >= 15 is 0 Å². The van der Waals surface area contributed by atoms with Crippen molar-refractivity contribution in [2.45, 2.75) is 24.9 Å². The van der Waals surface area contributed by atoms with Crippen molar-refractivity contribution < 1.29 is 5.11 Å². The standard InChI is InChI=1S/C12H14ClN3O/c13-9-5-7(1-4-11(9)17)10-6-15-12(14)16(10)8-2-3-8/h1,4-5,8,10,17H,2-3,6H2,(H2,14,15). The summed E-state index contributed by atoms with van der Waals surface area (Å²) in [5, 5.41) is 9.81. The third kappa shape index (κ3) is 1.82. The van der Waals surface area contributed by atoms with E-state index in [1.807, 2.05) is 6.07 Å². The molecule has 0 aromatic heterocycles. The van der Waals surface area contributed by atoms with E-state index in [2.05, 4.69) is 9.89 Å². The molecule has 1 unspecified atom stereocenters. The van der Waals surface area contributed by atoms with E-state index in [4.69, 9.17) is 17.3 Å². The first-order chi connectivity index (χ1) is 8.16. The lowest BCUT2D eigenvalue weighted by molar-refractivity contribution is 0.337. The zero-order chi connectivity index (χ0) is 12.0. The molecule has 0 saturated heterocycles. The predicted molar refractivity (Wildman–Crippen MR) is 67.2 cm³/mol. The maximum atomic E-state index is 9.43. The normalized spacial score (nSPS) is 23.9. The van der Waals surface area contributed by atoms with Crippen LogP contribution in [0.3, 0.4) is 0 Å². The molecule has 1 aromatic carbocycles.